The summed E-state index contributed by atoms with van der Waals surface area (Å²) in [4.78, 5) is 9.47. The van der Waals surface area contributed by atoms with Gasteiger partial charge in [-0.05, 0) is 19.3 Å². The zero-order valence-corrected chi connectivity index (χ0v) is 13.7. The van der Waals surface area contributed by atoms with Crippen molar-refractivity contribution in [2.45, 2.75) is 55.4 Å². The topological polar surface area (TPSA) is 51.8 Å². The molecule has 1 saturated carbocycles. The Hall–Kier alpha value is -0.420. The van der Waals surface area contributed by atoms with E-state index in [0.717, 1.165) is 5.82 Å². The summed E-state index contributed by atoms with van der Waals surface area (Å²) < 4.78 is 0. The maximum absolute atomic E-state index is 6.05. The van der Waals surface area contributed by atoms with Gasteiger partial charge in [0.1, 0.15) is 11.6 Å². The van der Waals surface area contributed by atoms with Crippen LogP contribution in [0, 0.1) is 0 Å². The van der Waals surface area contributed by atoms with Crippen LogP contribution in [0.25, 0.3) is 0 Å². The lowest BCUT2D eigenvalue weighted by atomic mass is 10.0. The van der Waals surface area contributed by atoms with Gasteiger partial charge in [-0.25, -0.2) is 9.97 Å². The van der Waals surface area contributed by atoms with E-state index in [4.69, 9.17) is 10.7 Å². The SMILES string of the molecule is CCC1SCCSC1c1nc(N)cc(C2CCCC2)n1. The van der Waals surface area contributed by atoms with Crippen LogP contribution >= 0.6 is 23.5 Å². The molecule has 2 N–H and O–H groups in total. The maximum atomic E-state index is 6.05. The Labute approximate surface area is 129 Å². The largest absolute Gasteiger partial charge is 0.384 e. The Bertz CT molecular complexity index is 460. The Balaban J connectivity index is 1.87. The summed E-state index contributed by atoms with van der Waals surface area (Å²) in [5.74, 6) is 4.69. The number of aromatic nitrogens is 2. The molecule has 0 radical (unpaired) electrons. The van der Waals surface area contributed by atoms with Crippen molar-refractivity contribution >= 4 is 29.3 Å². The lowest BCUT2D eigenvalue weighted by Crippen LogP contribution is -2.21. The van der Waals surface area contributed by atoms with Gasteiger partial charge in [-0.1, -0.05) is 19.8 Å². The van der Waals surface area contributed by atoms with E-state index in [0.29, 0.717) is 22.2 Å². The molecule has 110 valence electrons. The van der Waals surface area contributed by atoms with Gasteiger partial charge in [0.2, 0.25) is 0 Å². The van der Waals surface area contributed by atoms with Crippen LogP contribution in [0.5, 0.6) is 0 Å². The summed E-state index contributed by atoms with van der Waals surface area (Å²) >= 11 is 4.08. The second-order valence-electron chi connectivity index (χ2n) is 5.67. The standard InChI is InChI=1S/C15H23N3S2/c1-2-12-14(20-8-7-19-12)15-17-11(9-13(16)18-15)10-5-3-4-6-10/h9-10,12,14H,2-8H2,1H3,(H2,16,17,18). The lowest BCUT2D eigenvalue weighted by molar-refractivity contribution is 0.672. The average Bonchev–Trinajstić information content (AvgIpc) is 3.01. The second-order valence-corrected chi connectivity index (χ2v) is 8.26. The highest BCUT2D eigenvalue weighted by atomic mass is 32.2. The van der Waals surface area contributed by atoms with Crippen LogP contribution in [0.15, 0.2) is 6.07 Å². The van der Waals surface area contributed by atoms with Crippen molar-refractivity contribution in [3.8, 4) is 0 Å². The Kier molecular flexibility index (Phi) is 4.76. The van der Waals surface area contributed by atoms with Gasteiger partial charge in [0, 0.05) is 34.4 Å². The molecule has 1 saturated heterocycles. The molecule has 2 atom stereocenters. The van der Waals surface area contributed by atoms with Crippen LogP contribution in [0.1, 0.15) is 61.7 Å². The molecule has 0 bridgehead atoms. The Morgan fingerprint density at radius 3 is 2.70 bits per heavy atom. The third-order valence-electron chi connectivity index (χ3n) is 4.26. The van der Waals surface area contributed by atoms with Gasteiger partial charge in [0.05, 0.1) is 5.25 Å². The molecule has 0 spiro atoms. The van der Waals surface area contributed by atoms with Crippen LogP contribution in [-0.4, -0.2) is 26.7 Å². The predicted molar refractivity (Wildman–Crippen MR) is 89.4 cm³/mol. The van der Waals surface area contributed by atoms with E-state index in [1.807, 2.05) is 17.8 Å². The Morgan fingerprint density at radius 2 is 1.95 bits per heavy atom. The number of nitrogen functional groups attached to an aromatic ring is 1. The van der Waals surface area contributed by atoms with Crippen molar-refractivity contribution in [1.29, 1.82) is 0 Å². The highest BCUT2D eigenvalue weighted by molar-refractivity contribution is 8.06. The maximum Gasteiger partial charge on any atom is 0.145 e. The molecular weight excluding hydrogens is 286 g/mol. The van der Waals surface area contributed by atoms with Crippen molar-refractivity contribution in [2.24, 2.45) is 0 Å². The summed E-state index contributed by atoms with van der Waals surface area (Å²) in [6.45, 7) is 2.26. The van der Waals surface area contributed by atoms with Gasteiger partial charge < -0.3 is 5.73 Å². The van der Waals surface area contributed by atoms with Gasteiger partial charge in [-0.3, -0.25) is 0 Å². The molecular formula is C15H23N3S2. The van der Waals surface area contributed by atoms with E-state index in [9.17, 15) is 0 Å². The quantitative estimate of drug-likeness (QED) is 0.914. The fraction of sp³-hybridized carbons (Fsp3) is 0.733. The first-order valence-electron chi connectivity index (χ1n) is 7.65. The molecule has 2 unspecified atom stereocenters. The molecule has 2 heterocycles. The second kappa shape index (κ2) is 6.56. The van der Waals surface area contributed by atoms with Crippen LogP contribution < -0.4 is 5.73 Å². The van der Waals surface area contributed by atoms with E-state index >= 15 is 0 Å². The van der Waals surface area contributed by atoms with Crippen LogP contribution in [-0.2, 0) is 0 Å². The molecule has 0 amide bonds. The van der Waals surface area contributed by atoms with Crippen LogP contribution in [0.2, 0.25) is 0 Å². The molecule has 1 aromatic heterocycles. The molecule has 3 nitrogen and oxygen atoms in total. The molecule has 0 aromatic carbocycles. The van der Waals surface area contributed by atoms with Crippen LogP contribution in [0.4, 0.5) is 5.82 Å². The predicted octanol–water partition coefficient (Wildman–Crippen LogP) is 4.02. The smallest absolute Gasteiger partial charge is 0.145 e. The van der Waals surface area contributed by atoms with Gasteiger partial charge in [-0.2, -0.15) is 11.8 Å². The third-order valence-corrected chi connectivity index (χ3v) is 7.51. The summed E-state index contributed by atoms with van der Waals surface area (Å²) in [5, 5.41) is 1.05. The minimum absolute atomic E-state index is 0.419. The zero-order chi connectivity index (χ0) is 13.9. The van der Waals surface area contributed by atoms with E-state index in [1.54, 1.807) is 0 Å². The minimum Gasteiger partial charge on any atom is -0.384 e. The molecule has 5 heteroatoms. The normalized spacial score (nSPS) is 27.9. The first-order chi connectivity index (χ1) is 9.78. The van der Waals surface area contributed by atoms with E-state index in [2.05, 4.69) is 23.7 Å². The van der Waals surface area contributed by atoms with Crippen molar-refractivity contribution in [1.82, 2.24) is 9.97 Å². The van der Waals surface area contributed by atoms with E-state index < -0.39 is 0 Å². The number of nitrogens with zero attached hydrogens (tertiary/aromatic N) is 2. The fourth-order valence-corrected chi connectivity index (χ4v) is 6.20. The zero-order valence-electron chi connectivity index (χ0n) is 12.0. The highest BCUT2D eigenvalue weighted by Crippen LogP contribution is 2.43. The van der Waals surface area contributed by atoms with Crippen LogP contribution in [0.3, 0.4) is 0 Å². The van der Waals surface area contributed by atoms with Crippen molar-refractivity contribution in [3.63, 3.8) is 0 Å². The first-order valence-corrected chi connectivity index (χ1v) is 9.75. The summed E-state index contributed by atoms with van der Waals surface area (Å²) in [6, 6.07) is 2.00. The molecule has 2 aliphatic rings. The number of hydrogen-bond donors (Lipinski definition) is 1. The summed E-state index contributed by atoms with van der Waals surface area (Å²) in [6.07, 6.45) is 6.36. The van der Waals surface area contributed by atoms with Gasteiger partial charge in [0.25, 0.3) is 0 Å². The number of anilines is 1. The van der Waals surface area contributed by atoms with Crippen molar-refractivity contribution < 1.29 is 0 Å². The van der Waals surface area contributed by atoms with E-state index in [-0.39, 0.29) is 0 Å². The molecule has 2 fully saturated rings. The molecule has 1 aliphatic heterocycles. The highest BCUT2D eigenvalue weighted by Gasteiger charge is 2.30. The number of thioether (sulfide) groups is 2. The summed E-state index contributed by atoms with van der Waals surface area (Å²) in [7, 11) is 0. The monoisotopic (exact) mass is 309 g/mol. The number of rotatable bonds is 3. The first kappa shape index (κ1) is 14.5. The number of hydrogen-bond acceptors (Lipinski definition) is 5. The van der Waals surface area contributed by atoms with Crippen molar-refractivity contribution in [2.75, 3.05) is 17.2 Å². The molecule has 1 aliphatic carbocycles. The Morgan fingerprint density at radius 1 is 1.20 bits per heavy atom. The van der Waals surface area contributed by atoms with Gasteiger partial charge in [0.15, 0.2) is 0 Å². The van der Waals surface area contributed by atoms with Gasteiger partial charge in [-0.15, -0.1) is 11.8 Å². The third kappa shape index (κ3) is 3.08. The van der Waals surface area contributed by atoms with Gasteiger partial charge >= 0.3 is 0 Å². The van der Waals surface area contributed by atoms with E-state index in [1.165, 1.54) is 49.3 Å². The number of nitrogens with two attached hydrogens (primary N) is 1. The minimum atomic E-state index is 0.419. The lowest BCUT2D eigenvalue weighted by Gasteiger charge is -2.29. The molecule has 20 heavy (non-hydrogen) atoms. The summed E-state index contributed by atoms with van der Waals surface area (Å²) in [5.41, 5.74) is 7.24. The average molecular weight is 310 g/mol. The fourth-order valence-electron chi connectivity index (χ4n) is 3.21. The molecule has 1 aromatic rings. The van der Waals surface area contributed by atoms with Crippen molar-refractivity contribution in [3.05, 3.63) is 17.6 Å². The molecule has 3 rings (SSSR count).